The van der Waals surface area contributed by atoms with Crippen molar-refractivity contribution in [1.82, 2.24) is 4.31 Å². The van der Waals surface area contributed by atoms with Gasteiger partial charge < -0.3 is 0 Å². The van der Waals surface area contributed by atoms with Gasteiger partial charge in [0.25, 0.3) is 15.7 Å². The molecular weight excluding hydrogens is 572 g/mol. The normalized spacial score (nSPS) is 16.2. The Labute approximate surface area is 244 Å². The van der Waals surface area contributed by atoms with Gasteiger partial charge in [-0.2, -0.15) is 4.31 Å². The SMILES string of the molecule is O=[N+]([O-])c1ccccc1S(=O)(=O)N1CC#Cc2cccc3c(c4c(cc23)CS(=O)(=O)C4)-c2ccccc2C#CCCC1. The van der Waals surface area contributed by atoms with E-state index in [-0.39, 0.29) is 29.5 Å². The summed E-state index contributed by atoms with van der Waals surface area (Å²) >= 11 is 0. The number of hydrogen-bond donors (Lipinski definition) is 0. The molecule has 0 fully saturated rings. The zero-order valence-corrected chi connectivity index (χ0v) is 24.0. The first-order valence-electron chi connectivity index (χ1n) is 13.2. The summed E-state index contributed by atoms with van der Waals surface area (Å²) in [6, 6.07) is 20.4. The van der Waals surface area contributed by atoms with E-state index in [1.165, 1.54) is 24.3 Å². The summed E-state index contributed by atoms with van der Waals surface area (Å²) in [6.07, 6.45) is 0.753. The molecule has 8 nitrogen and oxygen atoms in total. The van der Waals surface area contributed by atoms with E-state index in [2.05, 4.69) is 23.7 Å². The summed E-state index contributed by atoms with van der Waals surface area (Å²) in [6.45, 7) is -0.117. The molecule has 0 saturated carbocycles. The Morgan fingerprint density at radius 2 is 1.60 bits per heavy atom. The number of sulfonamides is 1. The number of sulfone groups is 1. The van der Waals surface area contributed by atoms with Gasteiger partial charge in [0.1, 0.15) is 0 Å². The topological polar surface area (TPSA) is 115 Å². The largest absolute Gasteiger partial charge is 0.289 e. The maximum absolute atomic E-state index is 13.7. The Balaban J connectivity index is 1.55. The molecular formula is C32H24N2O6S2. The minimum absolute atomic E-state index is 0.0519. The second kappa shape index (κ2) is 10.7. The average molecular weight is 597 g/mol. The zero-order chi connectivity index (χ0) is 29.5. The number of nitro benzene ring substituents is 1. The number of nitro groups is 1. The number of hydrogen-bond acceptors (Lipinski definition) is 6. The summed E-state index contributed by atoms with van der Waals surface area (Å²) in [7, 11) is -7.57. The maximum Gasteiger partial charge on any atom is 0.289 e. The molecule has 2 aliphatic rings. The van der Waals surface area contributed by atoms with Crippen LogP contribution in [0, 0.1) is 33.8 Å². The van der Waals surface area contributed by atoms with E-state index in [0.29, 0.717) is 18.4 Å². The van der Waals surface area contributed by atoms with Crippen LogP contribution in [0.2, 0.25) is 0 Å². The molecule has 210 valence electrons. The van der Waals surface area contributed by atoms with Gasteiger partial charge in [0, 0.05) is 30.2 Å². The van der Waals surface area contributed by atoms with E-state index in [0.717, 1.165) is 42.9 Å². The highest BCUT2D eigenvalue weighted by Gasteiger charge is 2.32. The van der Waals surface area contributed by atoms with E-state index < -0.39 is 30.5 Å². The Hall–Kier alpha value is -4.48. The Morgan fingerprint density at radius 3 is 2.43 bits per heavy atom. The first-order chi connectivity index (χ1) is 20.2. The number of fused-ring (bicyclic) bond motifs is 4. The van der Waals surface area contributed by atoms with Gasteiger partial charge in [-0.05, 0) is 63.7 Å². The fourth-order valence-corrected chi connectivity index (χ4v) is 8.67. The molecule has 6 rings (SSSR count). The maximum atomic E-state index is 13.7. The second-order valence-corrected chi connectivity index (χ2v) is 14.1. The number of rotatable bonds is 3. The molecule has 2 heterocycles. The van der Waals surface area contributed by atoms with Crippen molar-refractivity contribution >= 4 is 36.3 Å². The summed E-state index contributed by atoms with van der Waals surface area (Å²) in [4.78, 5) is 10.5. The molecule has 0 radical (unpaired) electrons. The van der Waals surface area contributed by atoms with Crippen LogP contribution in [-0.4, -0.2) is 39.2 Å². The Morgan fingerprint density at radius 1 is 0.857 bits per heavy atom. The first-order valence-corrected chi connectivity index (χ1v) is 16.5. The van der Waals surface area contributed by atoms with E-state index in [1.807, 2.05) is 48.5 Å². The van der Waals surface area contributed by atoms with Crippen LogP contribution in [0.25, 0.3) is 21.9 Å². The van der Waals surface area contributed by atoms with Crippen LogP contribution in [0.15, 0.2) is 77.7 Å². The highest BCUT2D eigenvalue weighted by atomic mass is 32.2. The quantitative estimate of drug-likeness (QED) is 0.186. The van der Waals surface area contributed by atoms with Crippen LogP contribution in [0.3, 0.4) is 0 Å². The summed E-state index contributed by atoms with van der Waals surface area (Å²) in [5.41, 5.74) is 4.03. The van der Waals surface area contributed by atoms with Gasteiger partial charge in [-0.3, -0.25) is 10.1 Å². The molecule has 0 aliphatic carbocycles. The summed E-state index contributed by atoms with van der Waals surface area (Å²) in [5, 5.41) is 13.2. The fourth-order valence-electron chi connectivity index (χ4n) is 5.53. The van der Waals surface area contributed by atoms with Crippen LogP contribution >= 0.6 is 0 Å². The van der Waals surface area contributed by atoms with Crippen LogP contribution < -0.4 is 0 Å². The number of nitrogens with zero attached hydrogens (tertiary/aromatic N) is 2. The third-order valence-electron chi connectivity index (χ3n) is 7.41. The highest BCUT2D eigenvalue weighted by Crippen LogP contribution is 2.42. The van der Waals surface area contributed by atoms with Gasteiger partial charge in [0.15, 0.2) is 14.7 Å². The van der Waals surface area contributed by atoms with Gasteiger partial charge in [-0.1, -0.05) is 66.1 Å². The van der Waals surface area contributed by atoms with Crippen molar-refractivity contribution in [2.75, 3.05) is 13.1 Å². The monoisotopic (exact) mass is 596 g/mol. The van der Waals surface area contributed by atoms with Gasteiger partial charge in [-0.15, -0.1) is 0 Å². The molecule has 0 atom stereocenters. The summed E-state index contributed by atoms with van der Waals surface area (Å²) < 4.78 is 54.0. The van der Waals surface area contributed by atoms with Crippen LogP contribution in [-0.2, 0) is 31.4 Å². The van der Waals surface area contributed by atoms with E-state index in [9.17, 15) is 26.9 Å². The lowest BCUT2D eigenvalue weighted by Gasteiger charge is -2.19. The fraction of sp³-hybridized carbons (Fsp3) is 0.188. The smallest absolute Gasteiger partial charge is 0.258 e. The molecule has 0 unspecified atom stereocenters. The lowest BCUT2D eigenvalue weighted by molar-refractivity contribution is -0.387. The zero-order valence-electron chi connectivity index (χ0n) is 22.3. The summed E-state index contributed by atoms with van der Waals surface area (Å²) in [5.74, 6) is 12.3. The molecule has 2 aliphatic heterocycles. The standard InChI is InChI=1S/C32H24N2O6S2/c35-34(36)30-16-5-6-17-31(30)42(39,40)33-18-7-1-2-10-23-11-3-4-14-26(23)32-27-15-8-12-24(13-9-19-33)28(27)20-25-21-41(37,38)22-29(25)32/h3-6,8,11-12,14-17,20H,1,7,18-19,21-22H2. The molecule has 4 aromatic carbocycles. The molecule has 4 aromatic rings. The minimum atomic E-state index is -4.25. The van der Waals surface area contributed by atoms with Crippen molar-refractivity contribution < 1.29 is 21.8 Å². The predicted molar refractivity (Wildman–Crippen MR) is 161 cm³/mol. The highest BCUT2D eigenvalue weighted by molar-refractivity contribution is 7.90. The van der Waals surface area contributed by atoms with Crippen molar-refractivity contribution in [2.45, 2.75) is 29.2 Å². The number of para-hydroxylation sites is 1. The third kappa shape index (κ3) is 5.05. The number of benzene rings is 4. The Bertz CT molecular complexity index is 2130. The predicted octanol–water partition coefficient (Wildman–Crippen LogP) is 5.03. The molecule has 0 amide bonds. The molecule has 0 aromatic heterocycles. The molecule has 0 saturated heterocycles. The molecule has 0 spiro atoms. The van der Waals surface area contributed by atoms with E-state index >= 15 is 0 Å². The first kappa shape index (κ1) is 27.7. The van der Waals surface area contributed by atoms with Crippen molar-refractivity contribution in [3.8, 4) is 34.8 Å². The lowest BCUT2D eigenvalue weighted by Crippen LogP contribution is -2.33. The lowest BCUT2D eigenvalue weighted by atomic mass is 9.87. The van der Waals surface area contributed by atoms with Gasteiger partial charge in [0.05, 0.1) is 23.0 Å². The minimum Gasteiger partial charge on any atom is -0.258 e. The second-order valence-electron chi connectivity index (χ2n) is 10.1. The van der Waals surface area contributed by atoms with Crippen LogP contribution in [0.5, 0.6) is 0 Å². The van der Waals surface area contributed by atoms with Crippen LogP contribution in [0.4, 0.5) is 5.69 Å². The molecule has 4 bridgehead atoms. The van der Waals surface area contributed by atoms with Gasteiger partial charge in [0.2, 0.25) is 0 Å². The van der Waals surface area contributed by atoms with Crippen molar-refractivity contribution in [2.24, 2.45) is 0 Å². The third-order valence-corrected chi connectivity index (χ3v) is 10.8. The van der Waals surface area contributed by atoms with Gasteiger partial charge >= 0.3 is 0 Å². The van der Waals surface area contributed by atoms with Crippen molar-refractivity contribution in [3.63, 3.8) is 0 Å². The van der Waals surface area contributed by atoms with Crippen molar-refractivity contribution in [3.05, 3.63) is 105 Å². The van der Waals surface area contributed by atoms with Crippen LogP contribution in [0.1, 0.15) is 35.1 Å². The van der Waals surface area contributed by atoms with Gasteiger partial charge in [-0.25, -0.2) is 16.8 Å². The van der Waals surface area contributed by atoms with E-state index in [1.54, 1.807) is 0 Å². The molecule has 0 N–H and O–H groups in total. The van der Waals surface area contributed by atoms with Crippen molar-refractivity contribution in [1.29, 1.82) is 0 Å². The molecule has 42 heavy (non-hydrogen) atoms. The Kier molecular flexibility index (Phi) is 7.07. The average Bonchev–Trinajstić information content (AvgIpc) is 3.28. The molecule has 10 heteroatoms. The van der Waals surface area contributed by atoms with E-state index in [4.69, 9.17) is 0 Å².